The molecule has 0 spiro atoms. The lowest BCUT2D eigenvalue weighted by Crippen LogP contribution is -2.52. The van der Waals surface area contributed by atoms with Gasteiger partial charge in [-0.25, -0.2) is 0 Å². The number of amides is 2. The molecule has 2 aliphatic rings. The summed E-state index contributed by atoms with van der Waals surface area (Å²) in [6.07, 6.45) is 3.43. The lowest BCUT2D eigenvalue weighted by atomic mass is 10.1. The van der Waals surface area contributed by atoms with E-state index >= 15 is 0 Å². The minimum atomic E-state index is -0.136. The second-order valence-electron chi connectivity index (χ2n) is 7.03. The van der Waals surface area contributed by atoms with Gasteiger partial charge in [0, 0.05) is 39.3 Å². The summed E-state index contributed by atoms with van der Waals surface area (Å²) in [4.78, 5) is 30.8. The normalized spacial score (nSPS) is 19.1. The molecule has 0 unspecified atom stereocenters. The van der Waals surface area contributed by atoms with Crippen molar-refractivity contribution in [2.75, 3.05) is 45.8 Å². The zero-order valence-electron chi connectivity index (χ0n) is 14.9. The largest absolute Gasteiger partial charge is 0.507 e. The maximum absolute atomic E-state index is 12.6. The van der Waals surface area contributed by atoms with Crippen molar-refractivity contribution in [2.24, 2.45) is 0 Å². The molecule has 1 aromatic carbocycles. The molecular weight excluding hydrogens is 318 g/mol. The number of nitrogens with zero attached hydrogens (tertiary/aromatic N) is 3. The van der Waals surface area contributed by atoms with E-state index in [1.807, 2.05) is 11.8 Å². The molecular formula is C19H27N3O3. The van der Waals surface area contributed by atoms with Gasteiger partial charge in [0.25, 0.3) is 5.91 Å². The van der Waals surface area contributed by atoms with Crippen molar-refractivity contribution >= 4 is 11.8 Å². The van der Waals surface area contributed by atoms with Crippen LogP contribution in [-0.2, 0) is 4.79 Å². The molecule has 6 nitrogen and oxygen atoms in total. The number of benzene rings is 1. The van der Waals surface area contributed by atoms with Crippen LogP contribution in [0.25, 0.3) is 0 Å². The van der Waals surface area contributed by atoms with Crippen molar-refractivity contribution in [3.05, 3.63) is 29.3 Å². The van der Waals surface area contributed by atoms with Crippen molar-refractivity contribution in [3.63, 3.8) is 0 Å². The number of aromatic hydroxyl groups is 1. The first-order chi connectivity index (χ1) is 12.0. The van der Waals surface area contributed by atoms with Gasteiger partial charge < -0.3 is 14.9 Å². The molecule has 0 saturated carbocycles. The van der Waals surface area contributed by atoms with Gasteiger partial charge in [0.1, 0.15) is 5.75 Å². The zero-order valence-corrected chi connectivity index (χ0v) is 14.9. The number of piperazine rings is 1. The molecule has 2 saturated heterocycles. The van der Waals surface area contributed by atoms with Gasteiger partial charge in [-0.15, -0.1) is 0 Å². The topological polar surface area (TPSA) is 64.1 Å². The molecule has 1 aromatic rings. The summed E-state index contributed by atoms with van der Waals surface area (Å²) >= 11 is 0. The zero-order chi connectivity index (χ0) is 17.8. The second-order valence-corrected chi connectivity index (χ2v) is 7.03. The highest BCUT2D eigenvalue weighted by molar-refractivity contribution is 5.97. The van der Waals surface area contributed by atoms with Gasteiger partial charge in [0.15, 0.2) is 0 Å². The third-order valence-electron chi connectivity index (χ3n) is 5.11. The van der Waals surface area contributed by atoms with E-state index in [1.54, 1.807) is 23.1 Å². The number of carbonyl (C=O) groups is 2. The van der Waals surface area contributed by atoms with Gasteiger partial charge in [-0.05, 0) is 38.3 Å². The van der Waals surface area contributed by atoms with E-state index in [0.717, 1.165) is 31.5 Å². The highest BCUT2D eigenvalue weighted by Gasteiger charge is 2.26. The first-order valence-corrected chi connectivity index (χ1v) is 9.13. The number of piperidine rings is 1. The standard InChI is InChI=1S/C19H27N3O3/c1-15-5-6-17(23)16(13-15)19(25)22-11-9-20(10-12-22)14-18(24)21-7-3-2-4-8-21/h5-6,13,23H,2-4,7-12,14H2,1H3. The molecule has 0 radical (unpaired) electrons. The number of hydrogen-bond acceptors (Lipinski definition) is 4. The van der Waals surface area contributed by atoms with Gasteiger partial charge in [0.05, 0.1) is 12.1 Å². The molecule has 136 valence electrons. The van der Waals surface area contributed by atoms with E-state index in [2.05, 4.69) is 4.90 Å². The molecule has 0 bridgehead atoms. The molecule has 2 fully saturated rings. The fourth-order valence-electron chi connectivity index (χ4n) is 3.54. The number of phenolic OH excluding ortho intramolecular Hbond substituents is 1. The molecule has 2 aliphatic heterocycles. The van der Waals surface area contributed by atoms with Crippen molar-refractivity contribution in [1.29, 1.82) is 0 Å². The molecule has 25 heavy (non-hydrogen) atoms. The lowest BCUT2D eigenvalue weighted by Gasteiger charge is -2.36. The van der Waals surface area contributed by atoms with Gasteiger partial charge in [-0.3, -0.25) is 14.5 Å². The van der Waals surface area contributed by atoms with Crippen molar-refractivity contribution < 1.29 is 14.7 Å². The summed E-state index contributed by atoms with van der Waals surface area (Å²) in [5.74, 6) is 0.0947. The Morgan fingerprint density at radius 1 is 0.960 bits per heavy atom. The molecule has 0 aliphatic carbocycles. The second kappa shape index (κ2) is 7.87. The summed E-state index contributed by atoms with van der Waals surface area (Å²) in [5.41, 5.74) is 1.31. The molecule has 0 aromatic heterocycles. The highest BCUT2D eigenvalue weighted by atomic mass is 16.3. The van der Waals surface area contributed by atoms with Crippen LogP contribution in [0.15, 0.2) is 18.2 Å². The number of rotatable bonds is 3. The third-order valence-corrected chi connectivity index (χ3v) is 5.11. The Kier molecular flexibility index (Phi) is 5.58. The van der Waals surface area contributed by atoms with E-state index in [1.165, 1.54) is 6.42 Å². The molecule has 2 amide bonds. The van der Waals surface area contributed by atoms with E-state index in [4.69, 9.17) is 0 Å². The summed E-state index contributed by atoms with van der Waals surface area (Å²) in [6.45, 7) is 6.65. The number of phenols is 1. The van der Waals surface area contributed by atoms with Crippen LogP contribution >= 0.6 is 0 Å². The van der Waals surface area contributed by atoms with Crippen LogP contribution in [0.2, 0.25) is 0 Å². The van der Waals surface area contributed by atoms with Crippen LogP contribution in [0.5, 0.6) is 5.75 Å². The molecule has 0 atom stereocenters. The average Bonchev–Trinajstić information content (AvgIpc) is 2.64. The van der Waals surface area contributed by atoms with Crippen molar-refractivity contribution in [2.45, 2.75) is 26.2 Å². The van der Waals surface area contributed by atoms with Crippen LogP contribution in [0.3, 0.4) is 0 Å². The molecule has 2 heterocycles. The van der Waals surface area contributed by atoms with Gasteiger partial charge in [-0.1, -0.05) is 11.6 Å². The quantitative estimate of drug-likeness (QED) is 0.901. The predicted octanol–water partition coefficient (Wildman–Crippen LogP) is 1.47. The maximum atomic E-state index is 12.6. The summed E-state index contributed by atoms with van der Waals surface area (Å²) in [6, 6.07) is 5.08. The Hall–Kier alpha value is -2.08. The number of hydrogen-bond donors (Lipinski definition) is 1. The maximum Gasteiger partial charge on any atom is 0.257 e. The first kappa shape index (κ1) is 17.7. The SMILES string of the molecule is Cc1ccc(O)c(C(=O)N2CCN(CC(=O)N3CCCCC3)CC2)c1. The summed E-state index contributed by atoms with van der Waals surface area (Å²) in [7, 11) is 0. The number of carbonyl (C=O) groups excluding carboxylic acids is 2. The smallest absolute Gasteiger partial charge is 0.257 e. The van der Waals surface area contributed by atoms with Crippen molar-refractivity contribution in [3.8, 4) is 5.75 Å². The fourth-order valence-corrected chi connectivity index (χ4v) is 3.54. The van der Waals surface area contributed by atoms with Crippen LogP contribution in [0.4, 0.5) is 0 Å². The van der Waals surface area contributed by atoms with E-state index < -0.39 is 0 Å². The summed E-state index contributed by atoms with van der Waals surface area (Å²) in [5, 5.41) is 9.94. The Bertz CT molecular complexity index is 633. The van der Waals surface area contributed by atoms with Crippen molar-refractivity contribution in [1.82, 2.24) is 14.7 Å². The number of aryl methyl sites for hydroxylation is 1. The summed E-state index contributed by atoms with van der Waals surface area (Å²) < 4.78 is 0. The average molecular weight is 345 g/mol. The first-order valence-electron chi connectivity index (χ1n) is 9.13. The highest BCUT2D eigenvalue weighted by Crippen LogP contribution is 2.21. The minimum Gasteiger partial charge on any atom is -0.507 e. The Balaban J connectivity index is 1.52. The van der Waals surface area contributed by atoms with E-state index in [9.17, 15) is 14.7 Å². The Morgan fingerprint density at radius 2 is 1.64 bits per heavy atom. The fraction of sp³-hybridized carbons (Fsp3) is 0.579. The Labute approximate surface area is 149 Å². The third kappa shape index (κ3) is 4.31. The molecule has 6 heteroatoms. The van der Waals surface area contributed by atoms with Gasteiger partial charge in [0.2, 0.25) is 5.91 Å². The van der Waals surface area contributed by atoms with Crippen LogP contribution in [0.1, 0.15) is 35.2 Å². The van der Waals surface area contributed by atoms with Gasteiger partial charge in [-0.2, -0.15) is 0 Å². The minimum absolute atomic E-state index is 0.0262. The molecule has 3 rings (SSSR count). The number of likely N-dealkylation sites (tertiary alicyclic amines) is 1. The Morgan fingerprint density at radius 3 is 2.32 bits per heavy atom. The molecule has 1 N–H and O–H groups in total. The van der Waals surface area contributed by atoms with Gasteiger partial charge >= 0.3 is 0 Å². The van der Waals surface area contributed by atoms with Crippen LogP contribution in [-0.4, -0.2) is 77.4 Å². The monoisotopic (exact) mass is 345 g/mol. The lowest BCUT2D eigenvalue weighted by molar-refractivity contribution is -0.133. The predicted molar refractivity (Wildman–Crippen MR) is 95.6 cm³/mol. The van der Waals surface area contributed by atoms with Crippen LogP contribution in [0, 0.1) is 6.92 Å². The van der Waals surface area contributed by atoms with Crippen LogP contribution < -0.4 is 0 Å². The van der Waals surface area contributed by atoms with E-state index in [0.29, 0.717) is 38.3 Å². The van der Waals surface area contributed by atoms with E-state index in [-0.39, 0.29) is 17.6 Å².